The predicted molar refractivity (Wildman–Crippen MR) is 60.6 cm³/mol. The van der Waals surface area contributed by atoms with Crippen molar-refractivity contribution in [2.75, 3.05) is 0 Å². The lowest BCUT2D eigenvalue weighted by Crippen LogP contribution is -2.16. The Morgan fingerprint density at radius 2 is 2.29 bits per heavy atom. The standard InChI is InChI=1S/C10H11N3O3S/c1-5(6(2)10(14)15)9-12-8(13-16-9)7-3-11-4-17-7/h3-6H,1-2H3,(H,14,15). The van der Waals surface area contributed by atoms with Gasteiger partial charge in [0.15, 0.2) is 0 Å². The predicted octanol–water partition coefficient (Wildman–Crippen LogP) is 2.02. The number of carbonyl (C=O) groups is 1. The van der Waals surface area contributed by atoms with Gasteiger partial charge in [0.25, 0.3) is 0 Å². The fourth-order valence-corrected chi connectivity index (χ4v) is 1.82. The number of thiazole rings is 1. The van der Waals surface area contributed by atoms with Gasteiger partial charge in [0.2, 0.25) is 11.7 Å². The highest BCUT2D eigenvalue weighted by Gasteiger charge is 2.26. The average Bonchev–Trinajstić information content (AvgIpc) is 2.96. The van der Waals surface area contributed by atoms with Gasteiger partial charge >= 0.3 is 5.97 Å². The molecule has 0 aliphatic heterocycles. The molecule has 2 unspecified atom stereocenters. The molecule has 2 aromatic heterocycles. The van der Waals surface area contributed by atoms with Crippen molar-refractivity contribution < 1.29 is 14.4 Å². The second-order valence-electron chi connectivity index (χ2n) is 3.74. The molecule has 2 heterocycles. The molecule has 90 valence electrons. The third-order valence-corrected chi connectivity index (χ3v) is 3.39. The van der Waals surface area contributed by atoms with Gasteiger partial charge in [-0.25, -0.2) is 0 Å². The van der Waals surface area contributed by atoms with Gasteiger partial charge in [0.1, 0.15) is 0 Å². The van der Waals surface area contributed by atoms with Crippen molar-refractivity contribution >= 4 is 17.3 Å². The molecule has 0 saturated carbocycles. The first-order chi connectivity index (χ1) is 8.09. The molecule has 0 aliphatic rings. The quantitative estimate of drug-likeness (QED) is 0.896. The molecular weight excluding hydrogens is 242 g/mol. The summed E-state index contributed by atoms with van der Waals surface area (Å²) in [5.41, 5.74) is 1.68. The minimum absolute atomic E-state index is 0.318. The van der Waals surface area contributed by atoms with E-state index < -0.39 is 11.9 Å². The fourth-order valence-electron chi connectivity index (χ4n) is 1.27. The van der Waals surface area contributed by atoms with Crippen LogP contribution in [0.15, 0.2) is 16.2 Å². The maximum absolute atomic E-state index is 10.9. The van der Waals surface area contributed by atoms with E-state index in [1.807, 2.05) is 0 Å². The maximum Gasteiger partial charge on any atom is 0.307 e. The molecule has 2 aromatic rings. The highest BCUT2D eigenvalue weighted by molar-refractivity contribution is 7.13. The number of hydrogen-bond donors (Lipinski definition) is 1. The van der Waals surface area contributed by atoms with Gasteiger partial charge in [-0.3, -0.25) is 9.78 Å². The molecule has 7 heteroatoms. The molecule has 2 atom stereocenters. The van der Waals surface area contributed by atoms with Crippen LogP contribution in [0.1, 0.15) is 25.7 Å². The summed E-state index contributed by atoms with van der Waals surface area (Å²) >= 11 is 1.40. The van der Waals surface area contributed by atoms with Crippen molar-refractivity contribution in [1.29, 1.82) is 0 Å². The van der Waals surface area contributed by atoms with Crippen molar-refractivity contribution in [2.24, 2.45) is 5.92 Å². The summed E-state index contributed by atoms with van der Waals surface area (Å²) in [6.45, 7) is 3.37. The van der Waals surface area contributed by atoms with Gasteiger partial charge < -0.3 is 9.63 Å². The number of carboxylic acid groups (broad SMARTS) is 1. The zero-order valence-electron chi connectivity index (χ0n) is 9.32. The Bertz CT molecular complexity index is 509. The van der Waals surface area contributed by atoms with Crippen molar-refractivity contribution in [2.45, 2.75) is 19.8 Å². The van der Waals surface area contributed by atoms with Crippen molar-refractivity contribution in [1.82, 2.24) is 15.1 Å². The Balaban J connectivity index is 2.21. The Morgan fingerprint density at radius 1 is 1.53 bits per heavy atom. The summed E-state index contributed by atoms with van der Waals surface area (Å²) in [6.07, 6.45) is 1.64. The first-order valence-corrected chi connectivity index (χ1v) is 5.93. The maximum atomic E-state index is 10.9. The van der Waals surface area contributed by atoms with E-state index in [2.05, 4.69) is 15.1 Å². The van der Waals surface area contributed by atoms with Gasteiger partial charge in [-0.05, 0) is 0 Å². The Kier molecular flexibility index (Phi) is 3.19. The molecular formula is C10H11N3O3S. The van der Waals surface area contributed by atoms with Crippen LogP contribution in [0.2, 0.25) is 0 Å². The van der Waals surface area contributed by atoms with Crippen LogP contribution in [0.4, 0.5) is 0 Å². The van der Waals surface area contributed by atoms with Crippen LogP contribution in [-0.2, 0) is 4.79 Å². The van der Waals surface area contributed by atoms with Crippen molar-refractivity contribution in [3.05, 3.63) is 17.6 Å². The van der Waals surface area contributed by atoms with Crippen LogP contribution in [-0.4, -0.2) is 26.2 Å². The highest BCUT2D eigenvalue weighted by atomic mass is 32.1. The summed E-state index contributed by atoms with van der Waals surface area (Å²) in [5.74, 6) is -0.975. The topological polar surface area (TPSA) is 89.1 Å². The number of hydrogen-bond acceptors (Lipinski definition) is 6. The molecule has 0 spiro atoms. The minimum atomic E-state index is -0.880. The number of aliphatic carboxylic acids is 1. The molecule has 0 aliphatic carbocycles. The normalized spacial score (nSPS) is 14.5. The highest BCUT2D eigenvalue weighted by Crippen LogP contribution is 2.26. The van der Waals surface area contributed by atoms with Crippen LogP contribution >= 0.6 is 11.3 Å². The van der Waals surface area contributed by atoms with Gasteiger partial charge in [0, 0.05) is 12.1 Å². The van der Waals surface area contributed by atoms with E-state index in [0.717, 1.165) is 4.88 Å². The number of rotatable bonds is 4. The first-order valence-electron chi connectivity index (χ1n) is 5.05. The van der Waals surface area contributed by atoms with E-state index in [1.54, 1.807) is 25.6 Å². The summed E-state index contributed by atoms with van der Waals surface area (Å²) in [4.78, 5) is 19.8. The summed E-state index contributed by atoms with van der Waals surface area (Å²) in [7, 11) is 0. The zero-order valence-corrected chi connectivity index (χ0v) is 10.1. The Labute approximate surface area is 101 Å². The molecule has 0 bridgehead atoms. The van der Waals surface area contributed by atoms with Crippen molar-refractivity contribution in [3.8, 4) is 10.7 Å². The lowest BCUT2D eigenvalue weighted by Gasteiger charge is -2.10. The third-order valence-electron chi connectivity index (χ3n) is 2.62. The minimum Gasteiger partial charge on any atom is -0.481 e. The van der Waals surface area contributed by atoms with Gasteiger partial charge in [-0.2, -0.15) is 4.98 Å². The van der Waals surface area contributed by atoms with Crippen LogP contribution < -0.4 is 0 Å². The lowest BCUT2D eigenvalue weighted by atomic mass is 9.96. The van der Waals surface area contributed by atoms with Crippen molar-refractivity contribution in [3.63, 3.8) is 0 Å². The van der Waals surface area contributed by atoms with E-state index in [9.17, 15) is 4.79 Å². The van der Waals surface area contributed by atoms with E-state index in [1.165, 1.54) is 11.3 Å². The number of carboxylic acids is 1. The summed E-state index contributed by atoms with van der Waals surface area (Å²) < 4.78 is 5.08. The summed E-state index contributed by atoms with van der Waals surface area (Å²) in [6, 6.07) is 0. The molecule has 0 amide bonds. The monoisotopic (exact) mass is 253 g/mol. The smallest absolute Gasteiger partial charge is 0.307 e. The SMILES string of the molecule is CC(C(=O)O)C(C)c1nc(-c2cncs2)no1. The molecule has 17 heavy (non-hydrogen) atoms. The largest absolute Gasteiger partial charge is 0.481 e. The molecule has 1 N–H and O–H groups in total. The lowest BCUT2D eigenvalue weighted by molar-refractivity contribution is -0.141. The average molecular weight is 253 g/mol. The van der Waals surface area contributed by atoms with E-state index in [4.69, 9.17) is 9.63 Å². The number of aromatic nitrogens is 3. The summed E-state index contributed by atoms with van der Waals surface area (Å²) in [5, 5.41) is 12.7. The fraction of sp³-hybridized carbons (Fsp3) is 0.400. The first kappa shape index (κ1) is 11.7. The molecule has 2 rings (SSSR count). The van der Waals surface area contributed by atoms with Crippen LogP contribution in [0, 0.1) is 5.92 Å². The van der Waals surface area contributed by atoms with Gasteiger partial charge in [-0.15, -0.1) is 11.3 Å². The Morgan fingerprint density at radius 3 is 2.88 bits per heavy atom. The third kappa shape index (κ3) is 2.33. The molecule has 0 saturated heterocycles. The molecule has 0 aromatic carbocycles. The molecule has 6 nitrogen and oxygen atoms in total. The second-order valence-corrected chi connectivity index (χ2v) is 4.62. The van der Waals surface area contributed by atoms with Gasteiger partial charge in [-0.1, -0.05) is 19.0 Å². The number of nitrogens with zero attached hydrogens (tertiary/aromatic N) is 3. The molecule has 0 fully saturated rings. The second kappa shape index (κ2) is 4.62. The van der Waals surface area contributed by atoms with Crippen LogP contribution in [0.3, 0.4) is 0 Å². The van der Waals surface area contributed by atoms with E-state index in [0.29, 0.717) is 11.7 Å². The van der Waals surface area contributed by atoms with Gasteiger partial charge in [0.05, 0.1) is 16.3 Å². The van der Waals surface area contributed by atoms with E-state index >= 15 is 0 Å². The zero-order chi connectivity index (χ0) is 12.4. The molecule has 0 radical (unpaired) electrons. The van der Waals surface area contributed by atoms with Crippen LogP contribution in [0.25, 0.3) is 10.7 Å². The van der Waals surface area contributed by atoms with E-state index in [-0.39, 0.29) is 5.92 Å². The Hall–Kier alpha value is -1.76. The van der Waals surface area contributed by atoms with Crippen LogP contribution in [0.5, 0.6) is 0 Å².